The van der Waals surface area contributed by atoms with E-state index in [1.165, 1.54) is 4.31 Å². The number of sulfonamides is 1. The molecule has 0 N–H and O–H groups in total. The summed E-state index contributed by atoms with van der Waals surface area (Å²) in [6, 6.07) is 1.57. The highest BCUT2D eigenvalue weighted by Crippen LogP contribution is 2.35. The third-order valence-corrected chi connectivity index (χ3v) is 6.95. The van der Waals surface area contributed by atoms with Gasteiger partial charge in [0.1, 0.15) is 9.99 Å². The van der Waals surface area contributed by atoms with Gasteiger partial charge in [0, 0.05) is 21.8 Å². The molecule has 2 heterocycles. The number of hydrogen-bond donors (Lipinski definition) is 0. The van der Waals surface area contributed by atoms with Crippen LogP contribution in [0.1, 0.15) is 20.3 Å². The molecule has 1 aromatic rings. The van der Waals surface area contributed by atoms with Gasteiger partial charge in [-0.3, -0.25) is 4.79 Å². The number of ketones is 1. The van der Waals surface area contributed by atoms with Gasteiger partial charge in [0.25, 0.3) is 10.0 Å². The van der Waals surface area contributed by atoms with E-state index in [1.54, 1.807) is 25.3 Å². The largest absolute Gasteiger partial charge is 0.298 e. The van der Waals surface area contributed by atoms with Gasteiger partial charge in [-0.25, -0.2) is 8.42 Å². The van der Waals surface area contributed by atoms with Crippen LogP contribution in [0.3, 0.4) is 0 Å². The van der Waals surface area contributed by atoms with Crippen LogP contribution < -0.4 is 0 Å². The van der Waals surface area contributed by atoms with Crippen molar-refractivity contribution in [3.8, 4) is 0 Å². The van der Waals surface area contributed by atoms with Crippen LogP contribution in [0.15, 0.2) is 20.1 Å². The first-order chi connectivity index (χ1) is 7.73. The number of carbonyl (C=O) groups is 1. The number of halogens is 1. The molecule has 2 rings (SSSR count). The molecule has 0 atom stereocenters. The van der Waals surface area contributed by atoms with Gasteiger partial charge in [0.15, 0.2) is 0 Å². The first kappa shape index (κ1) is 13.2. The monoisotopic (exact) mass is 337 g/mol. The second-order valence-corrected chi connectivity index (χ2v) is 8.54. The van der Waals surface area contributed by atoms with Crippen molar-refractivity contribution >= 4 is 43.1 Å². The minimum absolute atomic E-state index is 0.0230. The minimum atomic E-state index is -3.56. The molecule has 4 nitrogen and oxygen atoms in total. The highest BCUT2D eigenvalue weighted by molar-refractivity contribution is 9.10. The van der Waals surface area contributed by atoms with Crippen LogP contribution in [0.5, 0.6) is 0 Å². The van der Waals surface area contributed by atoms with E-state index >= 15 is 0 Å². The topological polar surface area (TPSA) is 54.5 Å². The normalized spacial score (nSPS) is 21.0. The molecule has 0 spiro atoms. The van der Waals surface area contributed by atoms with E-state index in [0.717, 1.165) is 15.8 Å². The van der Waals surface area contributed by atoms with Crippen LogP contribution in [-0.4, -0.2) is 30.6 Å². The van der Waals surface area contributed by atoms with Gasteiger partial charge < -0.3 is 0 Å². The van der Waals surface area contributed by atoms with Crippen LogP contribution in [-0.2, 0) is 14.8 Å². The van der Waals surface area contributed by atoms with Gasteiger partial charge in [-0.15, -0.1) is 11.3 Å². The Morgan fingerprint density at radius 2 is 2.12 bits per heavy atom. The molecule has 1 aliphatic rings. The van der Waals surface area contributed by atoms with Gasteiger partial charge >= 0.3 is 0 Å². The van der Waals surface area contributed by atoms with E-state index in [9.17, 15) is 13.2 Å². The Kier molecular flexibility index (Phi) is 3.22. The lowest BCUT2D eigenvalue weighted by Gasteiger charge is -2.28. The molecular formula is C10H12BrNO3S2. The molecule has 0 aliphatic carbocycles. The van der Waals surface area contributed by atoms with Crippen LogP contribution in [0, 0.1) is 0 Å². The van der Waals surface area contributed by atoms with Crippen molar-refractivity contribution in [3.63, 3.8) is 0 Å². The lowest BCUT2D eigenvalue weighted by atomic mass is 10.0. The molecule has 1 fully saturated rings. The first-order valence-corrected chi connectivity index (χ1v) is 8.13. The van der Waals surface area contributed by atoms with Crippen molar-refractivity contribution in [2.75, 3.05) is 6.54 Å². The van der Waals surface area contributed by atoms with Crippen molar-refractivity contribution in [3.05, 3.63) is 15.9 Å². The quantitative estimate of drug-likeness (QED) is 0.831. The third kappa shape index (κ3) is 2.33. The molecule has 7 heteroatoms. The molecule has 1 aromatic heterocycles. The summed E-state index contributed by atoms with van der Waals surface area (Å²) in [6.45, 7) is 3.53. The summed E-state index contributed by atoms with van der Waals surface area (Å²) in [5, 5.41) is 1.72. The highest BCUT2D eigenvalue weighted by Gasteiger charge is 2.45. The average molecular weight is 338 g/mol. The van der Waals surface area contributed by atoms with Crippen LogP contribution >= 0.6 is 27.3 Å². The Morgan fingerprint density at radius 3 is 2.53 bits per heavy atom. The average Bonchev–Trinajstić information content (AvgIpc) is 2.70. The number of rotatable bonds is 2. The molecule has 94 valence electrons. The standard InChI is InChI=1S/C10H12BrNO3S2/c1-10(2)4-8(13)5-12(10)17(14,15)9-3-7(11)6-16-9/h3,6H,4-5H2,1-2H3. The molecule has 0 saturated carbocycles. The molecule has 0 amide bonds. The maximum absolute atomic E-state index is 12.4. The van der Waals surface area contributed by atoms with E-state index in [0.29, 0.717) is 0 Å². The van der Waals surface area contributed by atoms with E-state index < -0.39 is 15.6 Å². The van der Waals surface area contributed by atoms with Gasteiger partial charge in [0.05, 0.1) is 6.54 Å². The lowest BCUT2D eigenvalue weighted by molar-refractivity contribution is -0.116. The molecule has 0 aromatic carbocycles. The van der Waals surface area contributed by atoms with Crippen LogP contribution in [0.4, 0.5) is 0 Å². The summed E-state index contributed by atoms with van der Waals surface area (Å²) in [5.41, 5.74) is -0.633. The second kappa shape index (κ2) is 4.15. The smallest absolute Gasteiger partial charge is 0.253 e. The zero-order chi connectivity index (χ0) is 12.8. The fraction of sp³-hybridized carbons (Fsp3) is 0.500. The fourth-order valence-electron chi connectivity index (χ4n) is 1.95. The molecule has 1 aliphatic heterocycles. The van der Waals surface area contributed by atoms with Crippen molar-refractivity contribution < 1.29 is 13.2 Å². The Labute approximate surface area is 113 Å². The zero-order valence-electron chi connectivity index (χ0n) is 9.44. The molecule has 1 saturated heterocycles. The Hall–Kier alpha value is -0.240. The van der Waals surface area contributed by atoms with Crippen molar-refractivity contribution in [2.45, 2.75) is 30.0 Å². The number of Topliss-reactive ketones (excluding diaryl/α,β-unsaturated/α-hetero) is 1. The van der Waals surface area contributed by atoms with Gasteiger partial charge in [-0.05, 0) is 35.8 Å². The van der Waals surface area contributed by atoms with Crippen LogP contribution in [0.2, 0.25) is 0 Å². The Bertz CT molecular complexity index is 562. The Balaban J connectivity index is 2.43. The van der Waals surface area contributed by atoms with Gasteiger partial charge in [-0.2, -0.15) is 4.31 Å². The van der Waals surface area contributed by atoms with Gasteiger partial charge in [0.2, 0.25) is 0 Å². The van der Waals surface area contributed by atoms with E-state index in [-0.39, 0.29) is 23.0 Å². The molecular weight excluding hydrogens is 326 g/mol. The van der Waals surface area contributed by atoms with Gasteiger partial charge in [-0.1, -0.05) is 0 Å². The summed E-state index contributed by atoms with van der Waals surface area (Å²) < 4.78 is 27.0. The van der Waals surface area contributed by atoms with Crippen molar-refractivity contribution in [1.29, 1.82) is 0 Å². The molecule has 17 heavy (non-hydrogen) atoms. The third-order valence-electron chi connectivity index (χ3n) is 2.71. The number of thiophene rings is 1. The van der Waals surface area contributed by atoms with Crippen molar-refractivity contribution in [1.82, 2.24) is 4.31 Å². The first-order valence-electron chi connectivity index (χ1n) is 5.02. The summed E-state index contributed by atoms with van der Waals surface area (Å²) in [7, 11) is -3.56. The molecule has 0 radical (unpaired) electrons. The van der Waals surface area contributed by atoms with Crippen molar-refractivity contribution in [2.24, 2.45) is 0 Å². The predicted octanol–water partition coefficient (Wildman–Crippen LogP) is 2.25. The Morgan fingerprint density at radius 1 is 1.47 bits per heavy atom. The van der Waals surface area contributed by atoms with E-state index in [1.807, 2.05) is 0 Å². The SMILES string of the molecule is CC1(C)CC(=O)CN1S(=O)(=O)c1cc(Br)cs1. The predicted molar refractivity (Wildman–Crippen MR) is 69.6 cm³/mol. The summed E-state index contributed by atoms with van der Waals surface area (Å²) in [6.07, 6.45) is 0.277. The molecule has 0 bridgehead atoms. The minimum Gasteiger partial charge on any atom is -0.298 e. The zero-order valence-corrected chi connectivity index (χ0v) is 12.7. The lowest BCUT2D eigenvalue weighted by Crippen LogP contribution is -2.42. The van der Waals surface area contributed by atoms with Crippen LogP contribution in [0.25, 0.3) is 0 Å². The second-order valence-electron chi connectivity index (χ2n) is 4.62. The number of hydrogen-bond acceptors (Lipinski definition) is 4. The highest BCUT2D eigenvalue weighted by atomic mass is 79.9. The maximum atomic E-state index is 12.4. The summed E-state index contributed by atoms with van der Waals surface area (Å²) >= 11 is 4.39. The fourth-order valence-corrected chi connectivity index (χ4v) is 5.68. The summed E-state index contributed by atoms with van der Waals surface area (Å²) in [4.78, 5) is 11.4. The van der Waals surface area contributed by atoms with E-state index in [4.69, 9.17) is 0 Å². The van der Waals surface area contributed by atoms with E-state index in [2.05, 4.69) is 15.9 Å². The number of nitrogens with zero attached hydrogens (tertiary/aromatic N) is 1. The maximum Gasteiger partial charge on any atom is 0.253 e. The summed E-state index contributed by atoms with van der Waals surface area (Å²) in [5.74, 6) is -0.0332. The number of carbonyl (C=O) groups excluding carboxylic acids is 1. The molecule has 0 unspecified atom stereocenters.